The largest absolute Gasteiger partial charge is 0.311 e. The van der Waals surface area contributed by atoms with Crippen molar-refractivity contribution < 1.29 is 13.2 Å². The Kier molecular flexibility index (Phi) is 2.96. The number of amides is 1. The summed E-state index contributed by atoms with van der Waals surface area (Å²) < 4.78 is 22.7. The summed E-state index contributed by atoms with van der Waals surface area (Å²) in [5.41, 5.74) is 0.750. The number of hydrogen-bond donors (Lipinski definition) is 0. The summed E-state index contributed by atoms with van der Waals surface area (Å²) in [6.07, 6.45) is 1.23. The molecule has 0 bridgehead atoms. The fourth-order valence-electron chi connectivity index (χ4n) is 1.95. The molecule has 0 aliphatic carbocycles. The lowest BCUT2D eigenvalue weighted by molar-refractivity contribution is -0.107. The van der Waals surface area contributed by atoms with Gasteiger partial charge in [0.25, 0.3) is 0 Å². The van der Waals surface area contributed by atoms with Crippen molar-refractivity contribution in [3.63, 3.8) is 0 Å². The van der Waals surface area contributed by atoms with E-state index in [0.717, 1.165) is 5.69 Å². The molecule has 5 heteroatoms. The zero-order valence-corrected chi connectivity index (χ0v) is 9.56. The first-order valence-electron chi connectivity index (χ1n) is 5.11. The lowest BCUT2D eigenvalue weighted by atomic mass is 10.2. The molecule has 1 atom stereocenters. The van der Waals surface area contributed by atoms with Gasteiger partial charge in [0, 0.05) is 5.69 Å². The summed E-state index contributed by atoms with van der Waals surface area (Å²) in [5, 5.41) is 0. The molecule has 1 amide bonds. The van der Waals surface area contributed by atoms with Gasteiger partial charge >= 0.3 is 0 Å². The standard InChI is InChI=1S/C11H13NO3S/c13-9-12(10-4-2-1-3-5-10)11-6-7-16(14,15)8-11/h1-5,9,11H,6-8H2/t11-/m1/s1. The molecule has 0 N–H and O–H groups in total. The Morgan fingerprint density at radius 3 is 2.44 bits per heavy atom. The van der Waals surface area contributed by atoms with Crippen LogP contribution in [0.15, 0.2) is 30.3 Å². The Hall–Kier alpha value is -1.36. The average Bonchev–Trinajstić information content (AvgIpc) is 2.62. The molecule has 86 valence electrons. The van der Waals surface area contributed by atoms with Gasteiger partial charge in [-0.05, 0) is 18.6 Å². The number of rotatable bonds is 3. The lowest BCUT2D eigenvalue weighted by Gasteiger charge is -2.23. The van der Waals surface area contributed by atoms with E-state index < -0.39 is 9.84 Å². The molecule has 1 aliphatic heterocycles. The van der Waals surface area contributed by atoms with E-state index in [-0.39, 0.29) is 17.5 Å². The molecule has 1 saturated heterocycles. The minimum absolute atomic E-state index is 0.0701. The van der Waals surface area contributed by atoms with Crippen LogP contribution in [-0.2, 0) is 14.6 Å². The number of para-hydroxylation sites is 1. The molecular weight excluding hydrogens is 226 g/mol. The molecule has 1 aromatic rings. The summed E-state index contributed by atoms with van der Waals surface area (Å²) in [5.74, 6) is 0.246. The minimum Gasteiger partial charge on any atom is -0.311 e. The number of carbonyl (C=O) groups is 1. The smallest absolute Gasteiger partial charge is 0.214 e. The fraction of sp³-hybridized carbons (Fsp3) is 0.364. The number of nitrogens with zero attached hydrogens (tertiary/aromatic N) is 1. The van der Waals surface area contributed by atoms with Gasteiger partial charge in [0.05, 0.1) is 17.5 Å². The summed E-state index contributed by atoms with van der Waals surface area (Å²) in [6.45, 7) is 0. The van der Waals surface area contributed by atoms with Gasteiger partial charge in [0.15, 0.2) is 9.84 Å². The van der Waals surface area contributed by atoms with Crippen LogP contribution in [0.1, 0.15) is 6.42 Å². The summed E-state index contributed by atoms with van der Waals surface area (Å²) >= 11 is 0. The minimum atomic E-state index is -2.96. The zero-order valence-electron chi connectivity index (χ0n) is 8.74. The molecule has 0 aromatic heterocycles. The van der Waals surface area contributed by atoms with Crippen molar-refractivity contribution in [2.24, 2.45) is 0 Å². The van der Waals surface area contributed by atoms with Crippen molar-refractivity contribution >= 4 is 21.9 Å². The van der Waals surface area contributed by atoms with Crippen LogP contribution < -0.4 is 4.90 Å². The van der Waals surface area contributed by atoms with Gasteiger partial charge in [-0.1, -0.05) is 18.2 Å². The van der Waals surface area contributed by atoms with Gasteiger partial charge in [0.1, 0.15) is 0 Å². The Balaban J connectivity index is 2.22. The normalized spacial score (nSPS) is 22.9. The molecule has 1 aliphatic rings. The fourth-order valence-corrected chi connectivity index (χ4v) is 3.66. The molecular formula is C11H13NO3S. The van der Waals surface area contributed by atoms with E-state index >= 15 is 0 Å². The second kappa shape index (κ2) is 4.25. The Bertz CT molecular complexity index is 469. The maximum absolute atomic E-state index is 11.4. The number of carbonyl (C=O) groups excluding carboxylic acids is 1. The summed E-state index contributed by atoms with van der Waals surface area (Å²) in [4.78, 5) is 12.5. The number of benzene rings is 1. The van der Waals surface area contributed by atoms with Crippen LogP contribution in [0.25, 0.3) is 0 Å². The van der Waals surface area contributed by atoms with Gasteiger partial charge in [-0.2, -0.15) is 0 Å². The maximum Gasteiger partial charge on any atom is 0.214 e. The number of anilines is 1. The van der Waals surface area contributed by atoms with E-state index in [2.05, 4.69) is 0 Å². The molecule has 16 heavy (non-hydrogen) atoms. The Labute approximate surface area is 94.8 Å². The van der Waals surface area contributed by atoms with E-state index in [1.54, 1.807) is 12.1 Å². The van der Waals surface area contributed by atoms with Gasteiger partial charge in [0.2, 0.25) is 6.41 Å². The molecule has 0 saturated carbocycles. The topological polar surface area (TPSA) is 54.5 Å². The Morgan fingerprint density at radius 1 is 1.25 bits per heavy atom. The van der Waals surface area contributed by atoms with E-state index in [1.165, 1.54) is 4.90 Å². The predicted molar refractivity (Wildman–Crippen MR) is 62.0 cm³/mol. The molecule has 2 rings (SSSR count). The molecule has 1 fully saturated rings. The maximum atomic E-state index is 11.4. The zero-order chi connectivity index (χ0) is 11.6. The average molecular weight is 239 g/mol. The van der Waals surface area contributed by atoms with E-state index in [1.807, 2.05) is 18.2 Å². The van der Waals surface area contributed by atoms with Crippen LogP contribution in [-0.4, -0.2) is 32.4 Å². The van der Waals surface area contributed by atoms with Crippen molar-refractivity contribution in [3.05, 3.63) is 30.3 Å². The monoisotopic (exact) mass is 239 g/mol. The first-order valence-corrected chi connectivity index (χ1v) is 6.93. The van der Waals surface area contributed by atoms with E-state index in [9.17, 15) is 13.2 Å². The lowest BCUT2D eigenvalue weighted by Crippen LogP contribution is -2.34. The second-order valence-electron chi connectivity index (χ2n) is 3.91. The second-order valence-corrected chi connectivity index (χ2v) is 6.13. The third-order valence-electron chi connectivity index (χ3n) is 2.77. The molecule has 0 spiro atoms. The van der Waals surface area contributed by atoms with Crippen LogP contribution in [0.5, 0.6) is 0 Å². The first kappa shape index (κ1) is 11.1. The third kappa shape index (κ3) is 2.24. The van der Waals surface area contributed by atoms with Crippen molar-refractivity contribution in [2.75, 3.05) is 16.4 Å². The van der Waals surface area contributed by atoms with Crippen molar-refractivity contribution in [2.45, 2.75) is 12.5 Å². The van der Waals surface area contributed by atoms with E-state index in [4.69, 9.17) is 0 Å². The molecule has 0 radical (unpaired) electrons. The molecule has 0 unspecified atom stereocenters. The Morgan fingerprint density at radius 2 is 1.94 bits per heavy atom. The van der Waals surface area contributed by atoms with Gasteiger partial charge in [-0.3, -0.25) is 4.79 Å². The summed E-state index contributed by atoms with van der Waals surface area (Å²) in [7, 11) is -2.96. The van der Waals surface area contributed by atoms with Crippen LogP contribution >= 0.6 is 0 Å². The molecule has 4 nitrogen and oxygen atoms in total. The van der Waals surface area contributed by atoms with Crippen molar-refractivity contribution in [1.82, 2.24) is 0 Å². The third-order valence-corrected chi connectivity index (χ3v) is 4.52. The SMILES string of the molecule is O=CN(c1ccccc1)[C@@H]1CCS(=O)(=O)C1. The highest BCUT2D eigenvalue weighted by molar-refractivity contribution is 7.91. The van der Waals surface area contributed by atoms with Crippen LogP contribution in [0.4, 0.5) is 5.69 Å². The van der Waals surface area contributed by atoms with Crippen LogP contribution in [0, 0.1) is 0 Å². The summed E-state index contributed by atoms with van der Waals surface area (Å²) in [6, 6.07) is 8.91. The first-order chi connectivity index (χ1) is 7.62. The highest BCUT2D eigenvalue weighted by Gasteiger charge is 2.32. The predicted octanol–water partition coefficient (Wildman–Crippen LogP) is 0.837. The van der Waals surface area contributed by atoms with Crippen LogP contribution in [0.2, 0.25) is 0 Å². The molecule has 1 aromatic carbocycles. The number of sulfone groups is 1. The highest BCUT2D eigenvalue weighted by Crippen LogP contribution is 2.22. The van der Waals surface area contributed by atoms with Gasteiger partial charge in [-0.15, -0.1) is 0 Å². The quantitative estimate of drug-likeness (QED) is 0.734. The van der Waals surface area contributed by atoms with Crippen molar-refractivity contribution in [3.8, 4) is 0 Å². The van der Waals surface area contributed by atoms with Crippen molar-refractivity contribution in [1.29, 1.82) is 0 Å². The molecule has 1 heterocycles. The number of hydrogen-bond acceptors (Lipinski definition) is 3. The van der Waals surface area contributed by atoms with Gasteiger partial charge in [-0.25, -0.2) is 8.42 Å². The van der Waals surface area contributed by atoms with E-state index in [0.29, 0.717) is 12.8 Å². The highest BCUT2D eigenvalue weighted by atomic mass is 32.2. The van der Waals surface area contributed by atoms with Gasteiger partial charge < -0.3 is 4.90 Å². The van der Waals surface area contributed by atoms with Crippen LogP contribution in [0.3, 0.4) is 0 Å².